The van der Waals surface area contributed by atoms with E-state index < -0.39 is 6.09 Å². The van der Waals surface area contributed by atoms with Gasteiger partial charge in [-0.15, -0.1) is 0 Å². The maximum Gasteiger partial charge on any atom is 0.411 e. The first-order valence-corrected chi connectivity index (χ1v) is 9.69. The minimum atomic E-state index is -0.474. The van der Waals surface area contributed by atoms with Gasteiger partial charge in [-0.2, -0.15) is 0 Å². The Morgan fingerprint density at radius 3 is 2.04 bits per heavy atom. The molecule has 2 aromatic carbocycles. The van der Waals surface area contributed by atoms with Crippen molar-refractivity contribution < 1.29 is 15.8 Å². The van der Waals surface area contributed by atoms with Gasteiger partial charge in [0.2, 0.25) is 0 Å². The Balaban J connectivity index is 0. The van der Waals surface area contributed by atoms with Gasteiger partial charge in [-0.3, -0.25) is 5.32 Å². The number of carbonyl (C=O) groups is 2. The average Bonchev–Trinajstić information content (AvgIpc) is 2.71. The number of anilines is 1. The molecule has 0 spiro atoms. The number of Topliss-reactive ketones (excluding diaryl/α,β-unsaturated/α-hetero) is 1. The summed E-state index contributed by atoms with van der Waals surface area (Å²) in [5.74, 6) is 0.212. The Morgan fingerprint density at radius 1 is 0.889 bits per heavy atom. The summed E-state index contributed by atoms with van der Waals surface area (Å²) in [6.45, 7) is 9.85. The van der Waals surface area contributed by atoms with E-state index in [1.807, 2.05) is 82.3 Å². The Hall–Kier alpha value is -2.62. The molecule has 0 aliphatic carbocycles. The van der Waals surface area contributed by atoms with Crippen LogP contribution < -0.4 is 5.32 Å². The molecular weight excluding hydrogens is 338 g/mol. The number of carbonyl (C=O) groups excluding carboxylic acids is 2. The van der Waals surface area contributed by atoms with Crippen molar-refractivity contribution in [1.29, 1.82) is 0 Å². The van der Waals surface area contributed by atoms with Gasteiger partial charge in [0.05, 0.1) is 0 Å². The molecule has 0 radical (unpaired) electrons. The van der Waals surface area contributed by atoms with Gasteiger partial charge in [0.15, 0.2) is 0 Å². The van der Waals surface area contributed by atoms with Crippen molar-refractivity contribution in [1.82, 2.24) is 0 Å². The molecule has 0 fully saturated rings. The number of ether oxygens (including phenoxy) is 1. The van der Waals surface area contributed by atoms with Gasteiger partial charge in [0.1, 0.15) is 12.4 Å². The van der Waals surface area contributed by atoms with Crippen molar-refractivity contribution in [2.24, 2.45) is 0 Å². The number of aryl methyl sites for hydroxylation is 1. The quantitative estimate of drug-likeness (QED) is 0.591. The van der Waals surface area contributed by atoms with Gasteiger partial charge in [0, 0.05) is 13.5 Å². The average molecular weight is 374 g/mol. The van der Waals surface area contributed by atoms with Crippen LogP contribution in [0.4, 0.5) is 10.5 Å². The molecule has 0 unspecified atom stereocenters. The van der Waals surface area contributed by atoms with Crippen LogP contribution in [0.25, 0.3) is 0 Å². The molecule has 1 amide bonds. The SMILES string of the molecule is CC.CC.CC(=O)CCCc1ccc(NC(=O)OCc2ccccc2)cc1.[HH]. The molecule has 0 saturated carbocycles. The summed E-state index contributed by atoms with van der Waals surface area (Å²) in [7, 11) is 0. The van der Waals surface area contributed by atoms with Gasteiger partial charge in [-0.05, 0) is 43.0 Å². The zero-order chi connectivity index (χ0) is 20.5. The molecule has 27 heavy (non-hydrogen) atoms. The van der Waals surface area contributed by atoms with Gasteiger partial charge < -0.3 is 9.53 Å². The standard InChI is InChI=1S/C19H21NO3.2C2H6.H2/c1-15(21)6-5-9-16-10-12-18(13-11-16)20-19(22)23-14-17-7-3-2-4-8-17;2*1-2;/h2-4,7-8,10-13H,5-6,9,14H2,1H3,(H,20,22);2*1-2H3;1H. The lowest BCUT2D eigenvalue weighted by molar-refractivity contribution is -0.117. The van der Waals surface area contributed by atoms with E-state index >= 15 is 0 Å². The number of ketones is 1. The molecule has 0 heterocycles. The first-order chi connectivity index (χ1) is 13.1. The lowest BCUT2D eigenvalue weighted by Gasteiger charge is -2.08. The van der Waals surface area contributed by atoms with Crippen molar-refractivity contribution >= 4 is 17.6 Å². The van der Waals surface area contributed by atoms with Crippen molar-refractivity contribution in [2.75, 3.05) is 5.32 Å². The number of hydrogen-bond acceptors (Lipinski definition) is 3. The number of benzene rings is 2. The summed E-state index contributed by atoms with van der Waals surface area (Å²) in [5.41, 5.74) is 2.79. The van der Waals surface area contributed by atoms with Crippen molar-refractivity contribution in [2.45, 2.75) is 60.5 Å². The maximum atomic E-state index is 11.7. The van der Waals surface area contributed by atoms with Crippen LogP contribution in [-0.4, -0.2) is 11.9 Å². The fourth-order valence-corrected chi connectivity index (χ4v) is 2.17. The fraction of sp³-hybridized carbons (Fsp3) is 0.391. The normalized spacial score (nSPS) is 9.07. The second-order valence-electron chi connectivity index (χ2n) is 5.44. The molecule has 2 rings (SSSR count). The van der Waals surface area contributed by atoms with E-state index in [4.69, 9.17) is 4.74 Å². The van der Waals surface area contributed by atoms with Crippen molar-refractivity contribution in [3.8, 4) is 0 Å². The topological polar surface area (TPSA) is 55.4 Å². The third-order valence-electron chi connectivity index (χ3n) is 3.41. The summed E-state index contributed by atoms with van der Waals surface area (Å²) < 4.78 is 5.17. The third-order valence-corrected chi connectivity index (χ3v) is 3.41. The van der Waals surface area contributed by atoms with Crippen LogP contribution in [0.2, 0.25) is 0 Å². The molecule has 0 aromatic heterocycles. The Bertz CT molecular complexity index is 643. The van der Waals surface area contributed by atoms with E-state index in [0.29, 0.717) is 12.1 Å². The van der Waals surface area contributed by atoms with Gasteiger partial charge in [-0.25, -0.2) is 4.79 Å². The predicted octanol–water partition coefficient (Wildman–Crippen LogP) is 6.65. The van der Waals surface area contributed by atoms with Crippen LogP contribution in [0.3, 0.4) is 0 Å². The fourth-order valence-electron chi connectivity index (χ4n) is 2.17. The lowest BCUT2D eigenvalue weighted by atomic mass is 10.1. The highest BCUT2D eigenvalue weighted by molar-refractivity contribution is 5.84. The minimum Gasteiger partial charge on any atom is -0.444 e. The van der Waals surface area contributed by atoms with E-state index in [1.165, 1.54) is 0 Å². The van der Waals surface area contributed by atoms with E-state index in [0.717, 1.165) is 24.0 Å². The van der Waals surface area contributed by atoms with Crippen molar-refractivity contribution in [3.63, 3.8) is 0 Å². The zero-order valence-electron chi connectivity index (χ0n) is 17.2. The molecule has 4 nitrogen and oxygen atoms in total. The Labute approximate surface area is 165 Å². The first-order valence-electron chi connectivity index (χ1n) is 9.69. The third kappa shape index (κ3) is 11.6. The highest BCUT2D eigenvalue weighted by Gasteiger charge is 2.04. The monoisotopic (exact) mass is 373 g/mol. The lowest BCUT2D eigenvalue weighted by Crippen LogP contribution is -2.13. The molecule has 0 atom stereocenters. The molecule has 0 aliphatic heterocycles. The van der Waals surface area contributed by atoms with Gasteiger partial charge in [-0.1, -0.05) is 70.2 Å². The van der Waals surface area contributed by atoms with Crippen LogP contribution >= 0.6 is 0 Å². The Kier molecular flexibility index (Phi) is 14.1. The summed E-state index contributed by atoms with van der Waals surface area (Å²) >= 11 is 0. The Morgan fingerprint density at radius 2 is 1.48 bits per heavy atom. The second-order valence-corrected chi connectivity index (χ2v) is 5.44. The van der Waals surface area contributed by atoms with Crippen LogP contribution in [-0.2, 0) is 22.6 Å². The molecule has 2 aromatic rings. The molecule has 0 saturated heterocycles. The first kappa shape index (κ1) is 24.4. The minimum absolute atomic E-state index is 0. The van der Waals surface area contributed by atoms with Gasteiger partial charge in [0.25, 0.3) is 0 Å². The van der Waals surface area contributed by atoms with Crippen LogP contribution in [0, 0.1) is 0 Å². The van der Waals surface area contributed by atoms with Crippen molar-refractivity contribution in [3.05, 3.63) is 65.7 Å². The van der Waals surface area contributed by atoms with E-state index in [-0.39, 0.29) is 13.8 Å². The summed E-state index contributed by atoms with van der Waals surface area (Å²) in [4.78, 5) is 22.7. The van der Waals surface area contributed by atoms with Gasteiger partial charge >= 0.3 is 6.09 Å². The molecule has 0 bridgehead atoms. The smallest absolute Gasteiger partial charge is 0.411 e. The molecule has 1 N–H and O–H groups in total. The molecule has 150 valence electrons. The molecular formula is C23H35NO3. The van der Waals surface area contributed by atoms with E-state index in [1.54, 1.807) is 6.92 Å². The van der Waals surface area contributed by atoms with E-state index in [2.05, 4.69) is 5.32 Å². The summed E-state index contributed by atoms with van der Waals surface area (Å²) in [6, 6.07) is 17.1. The van der Waals surface area contributed by atoms with Crippen LogP contribution in [0.15, 0.2) is 54.6 Å². The maximum absolute atomic E-state index is 11.7. The second kappa shape index (κ2) is 15.6. The number of nitrogens with one attached hydrogen (secondary N) is 1. The molecule has 4 heteroatoms. The summed E-state index contributed by atoms with van der Waals surface area (Å²) in [6.07, 6.45) is 1.84. The largest absolute Gasteiger partial charge is 0.444 e. The number of hydrogen-bond donors (Lipinski definition) is 1. The number of rotatable bonds is 7. The molecule has 0 aliphatic rings. The summed E-state index contributed by atoms with van der Waals surface area (Å²) in [5, 5.41) is 2.70. The zero-order valence-corrected chi connectivity index (χ0v) is 17.2. The number of amides is 1. The van der Waals surface area contributed by atoms with Crippen LogP contribution in [0.5, 0.6) is 0 Å². The highest BCUT2D eigenvalue weighted by atomic mass is 16.5. The highest BCUT2D eigenvalue weighted by Crippen LogP contribution is 2.12. The van der Waals surface area contributed by atoms with Crippen LogP contribution in [0.1, 0.15) is 60.0 Å². The van der Waals surface area contributed by atoms with E-state index in [9.17, 15) is 9.59 Å². The predicted molar refractivity (Wildman–Crippen MR) is 115 cm³/mol.